The zero-order valence-corrected chi connectivity index (χ0v) is 25.1. The lowest BCUT2D eigenvalue weighted by atomic mass is 9.53. The number of benzene rings is 1. The van der Waals surface area contributed by atoms with Gasteiger partial charge >= 0.3 is 0 Å². The number of hydrogen-bond donors (Lipinski definition) is 2. The molecule has 2 aromatic rings. The monoisotopic (exact) mass is 577 g/mol. The van der Waals surface area contributed by atoms with E-state index in [4.69, 9.17) is 14.5 Å². The van der Waals surface area contributed by atoms with Crippen molar-refractivity contribution in [3.05, 3.63) is 41.4 Å². The van der Waals surface area contributed by atoms with Crippen molar-refractivity contribution in [2.24, 2.45) is 23.2 Å². The molecule has 0 unspecified atom stereocenters. The Balaban J connectivity index is 1.60. The summed E-state index contributed by atoms with van der Waals surface area (Å²) in [5.74, 6) is -0.0904. The molecule has 1 amide bonds. The number of aromatic nitrogens is 1. The van der Waals surface area contributed by atoms with Gasteiger partial charge in [0, 0.05) is 36.4 Å². The Morgan fingerprint density at radius 3 is 2.74 bits per heavy atom. The number of sulfonamides is 1. The largest absolute Gasteiger partial charge is 0.497 e. The van der Waals surface area contributed by atoms with Crippen LogP contribution in [0.5, 0.6) is 11.5 Å². The number of hydrogen-bond acceptors (Lipinski definition) is 8. The van der Waals surface area contributed by atoms with Crippen molar-refractivity contribution in [3.8, 4) is 11.5 Å². The molecule has 1 fully saturated rings. The summed E-state index contributed by atoms with van der Waals surface area (Å²) in [6.45, 7) is 10.3. The number of aliphatic hydroxyl groups is 1. The van der Waals surface area contributed by atoms with Gasteiger partial charge in [-0.25, -0.2) is 13.4 Å². The number of ether oxygens (including phenoxy) is 2. The first-order valence-corrected chi connectivity index (χ1v) is 15.4. The lowest BCUT2D eigenvalue weighted by molar-refractivity contribution is -0.143. The van der Waals surface area contributed by atoms with Gasteiger partial charge in [-0.1, -0.05) is 26.8 Å². The number of fused-ring (bicyclic) bond motifs is 2. The van der Waals surface area contributed by atoms with Crippen LogP contribution < -0.4 is 14.2 Å². The van der Waals surface area contributed by atoms with E-state index in [1.54, 1.807) is 30.2 Å². The van der Waals surface area contributed by atoms with E-state index in [1.165, 1.54) is 31.6 Å². The Bertz CT molecular complexity index is 1340. The Morgan fingerprint density at radius 2 is 2.10 bits per heavy atom. The smallest absolute Gasteiger partial charge is 0.267 e. The van der Waals surface area contributed by atoms with Crippen molar-refractivity contribution in [3.63, 3.8) is 0 Å². The highest BCUT2D eigenvalue weighted by Gasteiger charge is 2.54. The average molecular weight is 578 g/mol. The van der Waals surface area contributed by atoms with Crippen LogP contribution in [0.2, 0.25) is 0 Å². The fraction of sp³-hybridized carbons (Fsp3) is 0.571. The minimum atomic E-state index is -4.01. The first-order valence-electron chi connectivity index (χ1n) is 13.1. The Labute approximate surface area is 235 Å². The summed E-state index contributed by atoms with van der Waals surface area (Å²) in [6.07, 6.45) is 3.33. The number of nitrogens with one attached hydrogen (secondary N) is 1. The molecule has 39 heavy (non-hydrogen) atoms. The van der Waals surface area contributed by atoms with E-state index in [2.05, 4.69) is 18.2 Å². The summed E-state index contributed by atoms with van der Waals surface area (Å²) in [4.78, 5) is 20.4. The van der Waals surface area contributed by atoms with Crippen molar-refractivity contribution >= 4 is 32.4 Å². The molecule has 2 aliphatic carbocycles. The van der Waals surface area contributed by atoms with Gasteiger partial charge in [0.05, 0.1) is 26.0 Å². The fourth-order valence-electron chi connectivity index (χ4n) is 6.57. The number of rotatable bonds is 9. The van der Waals surface area contributed by atoms with E-state index in [-0.39, 0.29) is 50.8 Å². The summed E-state index contributed by atoms with van der Waals surface area (Å²) in [5.41, 5.74) is 0.622. The second-order valence-electron chi connectivity index (χ2n) is 11.1. The maximum atomic E-state index is 13.3. The molecule has 214 valence electrons. The maximum absolute atomic E-state index is 13.3. The molecule has 4 rings (SSSR count). The van der Waals surface area contributed by atoms with Crippen molar-refractivity contribution < 1.29 is 27.8 Å². The molecular formula is C28H39N3O6S2. The van der Waals surface area contributed by atoms with Crippen molar-refractivity contribution in [1.29, 1.82) is 0 Å². The van der Waals surface area contributed by atoms with Crippen LogP contribution in [0.4, 0.5) is 5.13 Å². The molecule has 1 aromatic heterocycles. The van der Waals surface area contributed by atoms with Crippen LogP contribution in [-0.4, -0.2) is 63.2 Å². The number of carbonyl (C=O) groups excluding carboxylic acids is 1. The molecule has 0 radical (unpaired) electrons. The van der Waals surface area contributed by atoms with Crippen LogP contribution in [-0.2, 0) is 21.2 Å². The van der Waals surface area contributed by atoms with Gasteiger partial charge in [0.25, 0.3) is 10.0 Å². The number of aliphatic hydroxyl groups excluding tert-OH is 1. The molecule has 9 nitrogen and oxygen atoms in total. The number of thiazole rings is 1. The highest BCUT2D eigenvalue weighted by Crippen LogP contribution is 2.57. The second-order valence-corrected chi connectivity index (χ2v) is 13.8. The van der Waals surface area contributed by atoms with Crippen LogP contribution in [0, 0.1) is 23.2 Å². The average Bonchev–Trinajstić information content (AvgIpc) is 3.28. The van der Waals surface area contributed by atoms with Crippen LogP contribution in [0.25, 0.3) is 0 Å². The predicted octanol–water partition coefficient (Wildman–Crippen LogP) is 4.29. The maximum Gasteiger partial charge on any atom is 0.267 e. The van der Waals surface area contributed by atoms with Gasteiger partial charge in [0.2, 0.25) is 5.91 Å². The predicted molar refractivity (Wildman–Crippen MR) is 152 cm³/mol. The standard InChI is InChI=1S/C28H39N3O6S2/c1-8-13-31(5)26(33)16(2)19-11-12-28(4)15-21-24(17(3)23(28)25(19)32)29-27(38-21)30-39(34,35)22-14-18(36-6)9-10-20(22)37-7/h8-10,14,16-17,19,23,25,32H,1,11-13,15H2,2-7H3,(H,29,30)/t16-,17-,19+,23+,25-,28+/m0/s1. The number of methoxy groups -OCH3 is 2. The third kappa shape index (κ3) is 5.40. The van der Waals surface area contributed by atoms with Gasteiger partial charge in [0.1, 0.15) is 16.4 Å². The number of carbonyl (C=O) groups is 1. The molecule has 0 bridgehead atoms. The lowest BCUT2D eigenvalue weighted by Gasteiger charge is -2.53. The first kappa shape index (κ1) is 29.4. The minimum Gasteiger partial charge on any atom is -0.497 e. The van der Waals surface area contributed by atoms with E-state index < -0.39 is 16.1 Å². The SMILES string of the molecule is C=CCN(C)C(=O)[C@@H](C)[C@H]1CC[C@]2(C)Cc3sc(NS(=O)(=O)c4cc(OC)ccc4OC)nc3[C@@H](C)[C@@H]2[C@H]1O. The van der Waals surface area contributed by atoms with Gasteiger partial charge in [-0.3, -0.25) is 9.52 Å². The fourth-order valence-corrected chi connectivity index (χ4v) is 9.25. The second kappa shape index (κ2) is 11.1. The van der Waals surface area contributed by atoms with Gasteiger partial charge in [0.15, 0.2) is 5.13 Å². The number of likely N-dealkylation sites (N-methyl/N-ethyl adjacent to an activating group) is 1. The van der Waals surface area contributed by atoms with E-state index in [9.17, 15) is 18.3 Å². The molecule has 11 heteroatoms. The van der Waals surface area contributed by atoms with E-state index in [0.29, 0.717) is 18.7 Å². The molecule has 0 aliphatic heterocycles. The molecule has 0 saturated heterocycles. The summed E-state index contributed by atoms with van der Waals surface area (Å²) in [7, 11) is 0.636. The van der Waals surface area contributed by atoms with Gasteiger partial charge in [-0.05, 0) is 48.6 Å². The van der Waals surface area contributed by atoms with Crippen LogP contribution in [0.15, 0.2) is 35.7 Å². The molecule has 2 N–H and O–H groups in total. The molecule has 1 aromatic carbocycles. The first-order chi connectivity index (χ1) is 18.4. The van der Waals surface area contributed by atoms with Crippen LogP contribution in [0.1, 0.15) is 50.1 Å². The van der Waals surface area contributed by atoms with E-state index >= 15 is 0 Å². The van der Waals surface area contributed by atoms with E-state index in [0.717, 1.165) is 23.4 Å². The van der Waals surface area contributed by atoms with Crippen LogP contribution in [0.3, 0.4) is 0 Å². The number of anilines is 1. The Kier molecular flexibility index (Phi) is 8.35. The van der Waals surface area contributed by atoms with Crippen molar-refractivity contribution in [2.75, 3.05) is 32.5 Å². The number of amides is 1. The number of nitrogens with zero attached hydrogens (tertiary/aromatic N) is 2. The zero-order chi connectivity index (χ0) is 28.7. The highest BCUT2D eigenvalue weighted by atomic mass is 32.2. The summed E-state index contributed by atoms with van der Waals surface area (Å²) in [5, 5.41) is 11.9. The molecule has 1 saturated carbocycles. The molecule has 2 aliphatic rings. The van der Waals surface area contributed by atoms with E-state index in [1.807, 2.05) is 13.8 Å². The Morgan fingerprint density at radius 1 is 1.38 bits per heavy atom. The van der Waals surface area contributed by atoms with Crippen molar-refractivity contribution in [2.45, 2.75) is 57.0 Å². The molecule has 1 heterocycles. The van der Waals surface area contributed by atoms with Gasteiger partial charge < -0.3 is 19.5 Å². The zero-order valence-electron chi connectivity index (χ0n) is 23.4. The minimum absolute atomic E-state index is 0.00465. The van der Waals surface area contributed by atoms with Crippen LogP contribution >= 0.6 is 11.3 Å². The normalized spacial score (nSPS) is 27.1. The van der Waals surface area contributed by atoms with Gasteiger partial charge in [-0.15, -0.1) is 17.9 Å². The summed E-state index contributed by atoms with van der Waals surface area (Å²) >= 11 is 1.34. The quantitative estimate of drug-likeness (QED) is 0.427. The van der Waals surface area contributed by atoms with Crippen molar-refractivity contribution in [1.82, 2.24) is 9.88 Å². The summed E-state index contributed by atoms with van der Waals surface area (Å²) < 4.78 is 39.8. The lowest BCUT2D eigenvalue weighted by Crippen LogP contribution is -2.53. The Hall–Kier alpha value is -2.63. The topological polar surface area (TPSA) is 118 Å². The molecule has 6 atom stereocenters. The molecular weight excluding hydrogens is 538 g/mol. The summed E-state index contributed by atoms with van der Waals surface area (Å²) in [6, 6.07) is 4.60. The van der Waals surface area contributed by atoms with Gasteiger partial charge in [-0.2, -0.15) is 0 Å². The third-order valence-corrected chi connectivity index (χ3v) is 11.1. The highest BCUT2D eigenvalue weighted by molar-refractivity contribution is 7.93. The third-order valence-electron chi connectivity index (χ3n) is 8.61. The molecule has 0 spiro atoms.